The number of thiazole rings is 1. The van der Waals surface area contributed by atoms with Crippen molar-refractivity contribution in [3.05, 3.63) is 59.6 Å². The van der Waals surface area contributed by atoms with Crippen LogP contribution in [-0.2, 0) is 4.79 Å². The number of hydrogen-bond donors (Lipinski definition) is 1. The highest BCUT2D eigenvalue weighted by atomic mass is 32.1. The molecule has 2 atom stereocenters. The molecule has 3 heterocycles. The molecule has 2 aliphatic rings. The van der Waals surface area contributed by atoms with Gasteiger partial charge in [-0.15, -0.1) is 11.3 Å². The van der Waals surface area contributed by atoms with E-state index in [4.69, 9.17) is 4.98 Å². The van der Waals surface area contributed by atoms with Gasteiger partial charge in [0, 0.05) is 45.0 Å². The third-order valence-corrected chi connectivity index (χ3v) is 8.13. The van der Waals surface area contributed by atoms with Crippen LogP contribution in [0.1, 0.15) is 30.8 Å². The molecule has 1 aromatic heterocycles. The number of benzene rings is 2. The van der Waals surface area contributed by atoms with E-state index in [-0.39, 0.29) is 23.9 Å². The minimum absolute atomic E-state index is 0.122. The van der Waals surface area contributed by atoms with Gasteiger partial charge in [0.05, 0.1) is 22.2 Å². The van der Waals surface area contributed by atoms with E-state index in [1.54, 1.807) is 16.2 Å². The number of likely N-dealkylation sites (tertiary alicyclic amines) is 1. The van der Waals surface area contributed by atoms with E-state index in [0.29, 0.717) is 13.1 Å². The smallest absolute Gasteiger partial charge is 0.321 e. The lowest BCUT2D eigenvalue weighted by Gasteiger charge is -2.40. The van der Waals surface area contributed by atoms with E-state index in [9.17, 15) is 9.59 Å². The van der Waals surface area contributed by atoms with Crippen molar-refractivity contribution in [3.8, 4) is 0 Å². The summed E-state index contributed by atoms with van der Waals surface area (Å²) in [5.41, 5.74) is 1.83. The van der Waals surface area contributed by atoms with E-state index in [2.05, 4.69) is 35.3 Å². The van der Waals surface area contributed by atoms with Crippen LogP contribution in [0.2, 0.25) is 0 Å². The van der Waals surface area contributed by atoms with Gasteiger partial charge in [-0.05, 0) is 44.0 Å². The first-order valence-corrected chi connectivity index (χ1v) is 12.9. The largest absolute Gasteiger partial charge is 0.340 e. The van der Waals surface area contributed by atoms with Crippen molar-refractivity contribution in [1.82, 2.24) is 19.7 Å². The Morgan fingerprint density at radius 1 is 0.971 bits per heavy atom. The lowest BCUT2D eigenvalue weighted by Crippen LogP contribution is -2.53. The molecule has 3 aromatic rings. The molecule has 3 amide bonds. The van der Waals surface area contributed by atoms with Gasteiger partial charge in [0.1, 0.15) is 5.01 Å². The first kappa shape index (κ1) is 22.8. The standard InChI is InChI=1S/C26H31N5O2S/c1-19(24-28-22-11-5-6-12-23(22)34-24)29-14-16-30(17-15-29)25(32)20-8-7-13-31(18-20)26(33)27-21-9-3-2-4-10-21/h2-6,9-12,19-20H,7-8,13-18H2,1H3,(H,27,33)/t19-,20+/m1/s1. The summed E-state index contributed by atoms with van der Waals surface area (Å²) in [6.07, 6.45) is 1.70. The zero-order chi connectivity index (χ0) is 23.5. The highest BCUT2D eigenvalue weighted by Crippen LogP contribution is 2.30. The van der Waals surface area contributed by atoms with E-state index < -0.39 is 0 Å². The van der Waals surface area contributed by atoms with Crippen molar-refractivity contribution < 1.29 is 9.59 Å². The minimum Gasteiger partial charge on any atom is -0.340 e. The predicted octanol–water partition coefficient (Wildman–Crippen LogP) is 4.45. The molecule has 2 fully saturated rings. The van der Waals surface area contributed by atoms with Crippen LogP contribution in [0.4, 0.5) is 10.5 Å². The van der Waals surface area contributed by atoms with Gasteiger partial charge in [-0.3, -0.25) is 9.69 Å². The summed E-state index contributed by atoms with van der Waals surface area (Å²) in [7, 11) is 0. The zero-order valence-electron chi connectivity index (χ0n) is 19.5. The number of piperidine rings is 1. The fourth-order valence-corrected chi connectivity index (χ4v) is 5.95. The van der Waals surface area contributed by atoms with Crippen LogP contribution in [0.25, 0.3) is 10.2 Å². The maximum atomic E-state index is 13.3. The Kier molecular flexibility index (Phi) is 6.78. The summed E-state index contributed by atoms with van der Waals surface area (Å²) in [6, 6.07) is 17.8. The molecule has 0 radical (unpaired) electrons. The Balaban J connectivity index is 1.14. The number of urea groups is 1. The molecular formula is C26H31N5O2S. The second-order valence-corrected chi connectivity index (χ2v) is 10.2. The Bertz CT molecular complexity index is 1110. The molecular weight excluding hydrogens is 446 g/mol. The minimum atomic E-state index is -0.127. The van der Waals surface area contributed by atoms with Gasteiger partial charge in [0.15, 0.2) is 0 Å². The van der Waals surface area contributed by atoms with Crippen LogP contribution in [-0.4, -0.2) is 70.9 Å². The SMILES string of the molecule is C[C@H](c1nc2ccccc2s1)N1CCN(C(=O)[C@H]2CCCN(C(=O)Nc3ccccc3)C2)CC1. The number of nitrogens with one attached hydrogen (secondary N) is 1. The van der Waals surface area contributed by atoms with Crippen molar-refractivity contribution in [3.63, 3.8) is 0 Å². The molecule has 0 bridgehead atoms. The molecule has 0 aliphatic carbocycles. The first-order chi connectivity index (χ1) is 16.6. The van der Waals surface area contributed by atoms with E-state index in [1.165, 1.54) is 4.70 Å². The second kappa shape index (κ2) is 10.1. The Labute approximate surface area is 204 Å². The number of aromatic nitrogens is 1. The Morgan fingerprint density at radius 2 is 1.71 bits per heavy atom. The van der Waals surface area contributed by atoms with E-state index in [0.717, 1.165) is 55.2 Å². The van der Waals surface area contributed by atoms with Gasteiger partial charge in [-0.25, -0.2) is 9.78 Å². The molecule has 1 N–H and O–H groups in total. The van der Waals surface area contributed by atoms with Crippen LogP contribution >= 0.6 is 11.3 Å². The van der Waals surface area contributed by atoms with Crippen LogP contribution in [0.3, 0.4) is 0 Å². The number of piperazine rings is 1. The lowest BCUT2D eigenvalue weighted by molar-refractivity contribution is -0.139. The number of carbonyl (C=O) groups excluding carboxylic acids is 2. The number of carbonyl (C=O) groups is 2. The molecule has 5 rings (SSSR count). The van der Waals surface area contributed by atoms with Crippen LogP contribution in [0, 0.1) is 5.92 Å². The maximum Gasteiger partial charge on any atom is 0.321 e. The van der Waals surface area contributed by atoms with Crippen molar-refractivity contribution >= 4 is 39.2 Å². The summed E-state index contributed by atoms with van der Waals surface area (Å²) in [4.78, 5) is 37.0. The Hall–Kier alpha value is -2.97. The van der Waals surface area contributed by atoms with Crippen LogP contribution < -0.4 is 5.32 Å². The van der Waals surface area contributed by atoms with Gasteiger partial charge < -0.3 is 15.1 Å². The summed E-state index contributed by atoms with van der Waals surface area (Å²) in [5.74, 6) is 0.0630. The summed E-state index contributed by atoms with van der Waals surface area (Å²) in [5, 5.41) is 4.08. The van der Waals surface area contributed by atoms with Crippen LogP contribution in [0.5, 0.6) is 0 Å². The van der Waals surface area contributed by atoms with Gasteiger partial charge >= 0.3 is 6.03 Å². The second-order valence-electron chi connectivity index (χ2n) is 9.14. The molecule has 2 aromatic carbocycles. The highest BCUT2D eigenvalue weighted by molar-refractivity contribution is 7.18. The van der Waals surface area contributed by atoms with Gasteiger partial charge in [-0.2, -0.15) is 0 Å². The number of para-hydroxylation sites is 2. The quantitative estimate of drug-likeness (QED) is 0.603. The third kappa shape index (κ3) is 4.93. The Morgan fingerprint density at radius 3 is 2.47 bits per heavy atom. The van der Waals surface area contributed by atoms with Gasteiger partial charge in [-0.1, -0.05) is 30.3 Å². The zero-order valence-corrected chi connectivity index (χ0v) is 20.3. The monoisotopic (exact) mass is 477 g/mol. The third-order valence-electron chi connectivity index (χ3n) is 6.92. The predicted molar refractivity (Wildman–Crippen MR) is 136 cm³/mol. The average molecular weight is 478 g/mol. The average Bonchev–Trinajstić information content (AvgIpc) is 3.33. The van der Waals surface area contributed by atoms with E-state index >= 15 is 0 Å². The highest BCUT2D eigenvalue weighted by Gasteiger charge is 2.33. The number of rotatable bonds is 4. The number of amides is 3. The fourth-order valence-electron chi connectivity index (χ4n) is 4.90. The first-order valence-electron chi connectivity index (χ1n) is 12.1. The summed E-state index contributed by atoms with van der Waals surface area (Å²) in [6.45, 7) is 6.51. The van der Waals surface area contributed by atoms with Gasteiger partial charge in [0.25, 0.3) is 0 Å². The van der Waals surface area contributed by atoms with Crippen molar-refractivity contribution in [2.45, 2.75) is 25.8 Å². The number of anilines is 1. The fraction of sp³-hybridized carbons (Fsp3) is 0.423. The van der Waals surface area contributed by atoms with Crippen molar-refractivity contribution in [2.24, 2.45) is 5.92 Å². The topological polar surface area (TPSA) is 68.8 Å². The molecule has 2 saturated heterocycles. The maximum absolute atomic E-state index is 13.3. The normalized spacial score (nSPS) is 20.3. The molecule has 8 heteroatoms. The van der Waals surface area contributed by atoms with Crippen molar-refractivity contribution in [2.75, 3.05) is 44.6 Å². The van der Waals surface area contributed by atoms with Gasteiger partial charge in [0.2, 0.25) is 5.91 Å². The number of nitrogens with zero attached hydrogens (tertiary/aromatic N) is 4. The molecule has 2 aliphatic heterocycles. The van der Waals surface area contributed by atoms with Crippen molar-refractivity contribution in [1.29, 1.82) is 0 Å². The summed E-state index contributed by atoms with van der Waals surface area (Å²) < 4.78 is 1.22. The van der Waals surface area contributed by atoms with E-state index in [1.807, 2.05) is 41.3 Å². The van der Waals surface area contributed by atoms with Crippen LogP contribution in [0.15, 0.2) is 54.6 Å². The lowest BCUT2D eigenvalue weighted by atomic mass is 9.96. The molecule has 0 saturated carbocycles. The number of fused-ring (bicyclic) bond motifs is 1. The molecule has 0 unspecified atom stereocenters. The molecule has 178 valence electrons. The number of hydrogen-bond acceptors (Lipinski definition) is 5. The summed E-state index contributed by atoms with van der Waals surface area (Å²) >= 11 is 1.76. The molecule has 34 heavy (non-hydrogen) atoms. The molecule has 7 nitrogen and oxygen atoms in total. The molecule has 0 spiro atoms.